The van der Waals surface area contributed by atoms with E-state index in [1.165, 1.54) is 23.4 Å². The van der Waals surface area contributed by atoms with Crippen LogP contribution in [-0.4, -0.2) is 27.6 Å². The Hall–Kier alpha value is -1.92. The summed E-state index contributed by atoms with van der Waals surface area (Å²) in [6.45, 7) is 9.22. The van der Waals surface area contributed by atoms with E-state index in [2.05, 4.69) is 60.3 Å². The third-order valence-corrected chi connectivity index (χ3v) is 8.73. The molecule has 1 aliphatic carbocycles. The minimum atomic E-state index is 0.181. The molecular weight excluding hydrogens is 390 g/mol. The number of fused-ring (bicyclic) bond motifs is 1. The largest absolute Gasteiger partial charge is 0.369 e. The lowest BCUT2D eigenvalue weighted by Crippen LogP contribution is -2.38. The fourth-order valence-corrected chi connectivity index (χ4v) is 6.70. The summed E-state index contributed by atoms with van der Waals surface area (Å²) in [5.74, 6) is 2.28. The molecule has 4 unspecified atom stereocenters. The van der Waals surface area contributed by atoms with E-state index in [1.54, 1.807) is 0 Å². The molecule has 0 radical (unpaired) electrons. The summed E-state index contributed by atoms with van der Waals surface area (Å²) in [4.78, 5) is 11.4. The summed E-state index contributed by atoms with van der Waals surface area (Å²) < 4.78 is 2.29. The predicted octanol–water partition coefficient (Wildman–Crippen LogP) is 5.11. The lowest BCUT2D eigenvalue weighted by atomic mass is 9.65. The van der Waals surface area contributed by atoms with Gasteiger partial charge in [0.25, 0.3) is 0 Å². The first kappa shape index (κ1) is 20.0. The predicted molar refractivity (Wildman–Crippen MR) is 125 cm³/mol. The maximum atomic E-state index is 6.56. The number of nitrogens with two attached hydrogens (primary N) is 1. The summed E-state index contributed by atoms with van der Waals surface area (Å²) >= 11 is 1.89. The van der Waals surface area contributed by atoms with Crippen LogP contribution in [0.25, 0.3) is 11.2 Å². The Bertz CT molecular complexity index is 1020. The lowest BCUT2D eigenvalue weighted by Gasteiger charge is -2.44. The van der Waals surface area contributed by atoms with Crippen LogP contribution in [0, 0.1) is 11.8 Å². The summed E-state index contributed by atoms with van der Waals surface area (Å²) in [5.41, 5.74) is 9.81. The number of nitrogen functional groups attached to an aromatic ring is 1. The van der Waals surface area contributed by atoms with Gasteiger partial charge in [-0.2, -0.15) is 0 Å². The van der Waals surface area contributed by atoms with Crippen LogP contribution in [0.4, 0.5) is 5.95 Å². The first-order valence-electron chi connectivity index (χ1n) is 11.4. The van der Waals surface area contributed by atoms with Gasteiger partial charge in [-0.1, -0.05) is 26.8 Å². The number of anilines is 1. The smallest absolute Gasteiger partial charge is 0.202 e. The molecule has 1 saturated carbocycles. The van der Waals surface area contributed by atoms with Crippen molar-refractivity contribution >= 4 is 28.4 Å². The van der Waals surface area contributed by atoms with Crippen molar-refractivity contribution in [3.63, 3.8) is 0 Å². The van der Waals surface area contributed by atoms with Crippen LogP contribution < -0.4 is 11.1 Å². The third kappa shape index (κ3) is 3.34. The van der Waals surface area contributed by atoms with Crippen molar-refractivity contribution in [1.82, 2.24) is 19.9 Å². The van der Waals surface area contributed by atoms with Gasteiger partial charge in [-0.3, -0.25) is 4.57 Å². The zero-order valence-electron chi connectivity index (χ0n) is 18.3. The van der Waals surface area contributed by atoms with Crippen molar-refractivity contribution < 1.29 is 0 Å². The quantitative estimate of drug-likeness (QED) is 0.612. The van der Waals surface area contributed by atoms with Crippen LogP contribution >= 0.6 is 11.3 Å². The second kappa shape index (κ2) is 7.65. The van der Waals surface area contributed by atoms with E-state index in [0.29, 0.717) is 29.7 Å². The summed E-state index contributed by atoms with van der Waals surface area (Å²) in [7, 11) is 0. The number of hydrogen-bond acceptors (Lipinski definition) is 5. The second-order valence-corrected chi connectivity index (χ2v) is 10.8. The van der Waals surface area contributed by atoms with Crippen molar-refractivity contribution in [1.29, 1.82) is 0 Å². The molecule has 6 heteroatoms. The Morgan fingerprint density at radius 3 is 2.80 bits per heavy atom. The number of imidazole rings is 1. The highest BCUT2D eigenvalue weighted by Gasteiger charge is 2.42. The van der Waals surface area contributed by atoms with Gasteiger partial charge in [-0.05, 0) is 67.6 Å². The van der Waals surface area contributed by atoms with Crippen molar-refractivity contribution in [3.8, 4) is 0 Å². The number of rotatable bonds is 4. The van der Waals surface area contributed by atoms with Gasteiger partial charge in [0.1, 0.15) is 5.52 Å². The highest BCUT2D eigenvalue weighted by Crippen LogP contribution is 2.50. The molecule has 1 aliphatic heterocycles. The van der Waals surface area contributed by atoms with Crippen LogP contribution in [0.5, 0.6) is 0 Å². The van der Waals surface area contributed by atoms with Crippen LogP contribution in [0.3, 0.4) is 0 Å². The molecule has 2 aliphatic rings. The Morgan fingerprint density at radius 1 is 1.23 bits per heavy atom. The number of nitrogens with zero attached hydrogens (tertiary/aromatic N) is 3. The van der Waals surface area contributed by atoms with Gasteiger partial charge in [-0.25, -0.2) is 9.97 Å². The molecule has 0 bridgehead atoms. The van der Waals surface area contributed by atoms with E-state index in [0.717, 1.165) is 37.1 Å². The fraction of sp³-hybridized carbons (Fsp3) is 0.583. The van der Waals surface area contributed by atoms with Gasteiger partial charge < -0.3 is 11.1 Å². The third-order valence-electron chi connectivity index (χ3n) is 7.55. The first-order valence-corrected chi connectivity index (χ1v) is 12.2. The molecule has 4 heterocycles. The molecular formula is C24H33N5S. The maximum Gasteiger partial charge on any atom is 0.202 e. The Morgan fingerprint density at radius 2 is 2.10 bits per heavy atom. The summed E-state index contributed by atoms with van der Waals surface area (Å²) in [5, 5.41) is 5.67. The molecule has 5 rings (SSSR count). The maximum absolute atomic E-state index is 6.56. The lowest BCUT2D eigenvalue weighted by molar-refractivity contribution is 0.133. The second-order valence-electron chi connectivity index (χ2n) is 9.86. The molecule has 4 atom stereocenters. The standard InChI is InChI=1S/C24H33N5S/c1-15(2)17-8-10-24(3,21-5-4-12-30-21)13-20(17)29-22-19(28-23(29)25)7-6-18(27-22)16-9-11-26-14-16/h4-7,12,15-17,20,26H,8-11,13-14H2,1-3H3,(H2,25,28). The molecule has 30 heavy (non-hydrogen) atoms. The monoisotopic (exact) mass is 423 g/mol. The van der Waals surface area contributed by atoms with E-state index < -0.39 is 0 Å². The fourth-order valence-electron chi connectivity index (χ4n) is 5.77. The minimum absolute atomic E-state index is 0.181. The van der Waals surface area contributed by atoms with Gasteiger partial charge >= 0.3 is 0 Å². The summed E-state index contributed by atoms with van der Waals surface area (Å²) in [6, 6.07) is 9.07. The van der Waals surface area contributed by atoms with Crippen molar-refractivity contribution in [3.05, 3.63) is 40.2 Å². The minimum Gasteiger partial charge on any atom is -0.369 e. The summed E-state index contributed by atoms with van der Waals surface area (Å²) in [6.07, 6.45) is 4.67. The van der Waals surface area contributed by atoms with E-state index in [1.807, 2.05) is 11.3 Å². The number of thiophene rings is 1. The number of hydrogen-bond donors (Lipinski definition) is 2. The zero-order chi connectivity index (χ0) is 20.9. The molecule has 2 fully saturated rings. The molecule has 1 saturated heterocycles. The molecule has 0 aromatic carbocycles. The average molecular weight is 424 g/mol. The van der Waals surface area contributed by atoms with E-state index in [9.17, 15) is 0 Å². The van der Waals surface area contributed by atoms with Crippen LogP contribution in [0.2, 0.25) is 0 Å². The van der Waals surface area contributed by atoms with Gasteiger partial charge in [0.15, 0.2) is 5.65 Å². The number of nitrogens with one attached hydrogen (secondary N) is 1. The van der Waals surface area contributed by atoms with Crippen LogP contribution in [0.15, 0.2) is 29.6 Å². The van der Waals surface area contributed by atoms with Crippen LogP contribution in [0.1, 0.15) is 69.0 Å². The zero-order valence-corrected chi connectivity index (χ0v) is 19.1. The van der Waals surface area contributed by atoms with Gasteiger partial charge in [0, 0.05) is 34.5 Å². The molecule has 5 nitrogen and oxygen atoms in total. The molecule has 3 N–H and O–H groups in total. The molecule has 0 spiro atoms. The molecule has 160 valence electrons. The highest BCUT2D eigenvalue weighted by atomic mass is 32.1. The van der Waals surface area contributed by atoms with Gasteiger partial charge in [0.2, 0.25) is 5.95 Å². The van der Waals surface area contributed by atoms with E-state index in [-0.39, 0.29) is 5.41 Å². The van der Waals surface area contributed by atoms with E-state index >= 15 is 0 Å². The SMILES string of the molecule is CC(C)C1CCC(C)(c2cccs2)CC1n1c(N)nc2ccc(C3CCNC3)nc21. The van der Waals surface area contributed by atoms with Crippen molar-refractivity contribution in [2.24, 2.45) is 11.8 Å². The molecule has 0 amide bonds. The van der Waals surface area contributed by atoms with Gasteiger partial charge in [0.05, 0.1) is 0 Å². The topological polar surface area (TPSA) is 68.8 Å². The first-order chi connectivity index (χ1) is 14.5. The number of aromatic nitrogens is 3. The van der Waals surface area contributed by atoms with Crippen molar-refractivity contribution in [2.45, 2.75) is 63.8 Å². The Kier molecular flexibility index (Phi) is 5.10. The van der Waals surface area contributed by atoms with Crippen LogP contribution in [-0.2, 0) is 5.41 Å². The Labute approximate surface area is 183 Å². The van der Waals surface area contributed by atoms with Gasteiger partial charge in [-0.15, -0.1) is 11.3 Å². The normalized spacial score (nSPS) is 29.8. The molecule has 3 aromatic heterocycles. The number of pyridine rings is 1. The van der Waals surface area contributed by atoms with Crippen molar-refractivity contribution in [2.75, 3.05) is 18.8 Å². The average Bonchev–Trinajstić information content (AvgIpc) is 3.47. The Balaban J connectivity index is 1.59. The molecule has 3 aromatic rings. The van der Waals surface area contributed by atoms with E-state index in [4.69, 9.17) is 15.7 Å². The highest BCUT2D eigenvalue weighted by molar-refractivity contribution is 7.10.